The van der Waals surface area contributed by atoms with Crippen LogP contribution in [0.25, 0.3) is 0 Å². The summed E-state index contributed by atoms with van der Waals surface area (Å²) in [7, 11) is 0. The third-order valence-corrected chi connectivity index (χ3v) is 4.33. The molecule has 0 spiro atoms. The summed E-state index contributed by atoms with van der Waals surface area (Å²) < 4.78 is 1.07. The number of halogens is 1. The van der Waals surface area contributed by atoms with Crippen molar-refractivity contribution in [3.8, 4) is 0 Å². The van der Waals surface area contributed by atoms with Crippen LogP contribution in [0.3, 0.4) is 0 Å². The van der Waals surface area contributed by atoms with Crippen molar-refractivity contribution in [3.63, 3.8) is 0 Å². The van der Waals surface area contributed by atoms with Crippen molar-refractivity contribution in [1.82, 2.24) is 5.32 Å². The molecule has 0 heterocycles. The molecule has 0 saturated carbocycles. The lowest BCUT2D eigenvalue weighted by Crippen LogP contribution is -2.31. The molecule has 0 aliphatic rings. The molecule has 0 aliphatic heterocycles. The van der Waals surface area contributed by atoms with Crippen LogP contribution in [0.15, 0.2) is 40.9 Å². The number of rotatable bonds is 4. The summed E-state index contributed by atoms with van der Waals surface area (Å²) in [6.07, 6.45) is 0.792. The molecule has 2 N–H and O–H groups in total. The molecular weight excluding hydrogens is 340 g/mol. The fraction of sp³-hybridized carbons (Fsp3) is 0.278. The third-order valence-electron chi connectivity index (χ3n) is 3.55. The number of nitrogens with one attached hydrogen (secondary N) is 2. The largest absolute Gasteiger partial charge is 0.338 e. The zero-order valence-electron chi connectivity index (χ0n) is 13.2. The Balaban J connectivity index is 1.90. The van der Waals surface area contributed by atoms with Crippen LogP contribution < -0.4 is 10.6 Å². The van der Waals surface area contributed by atoms with Gasteiger partial charge in [0.1, 0.15) is 0 Å². The monoisotopic (exact) mass is 360 g/mol. The highest BCUT2D eigenvalue weighted by Gasteiger charge is 2.08. The number of amides is 2. The normalized spacial score (nSPS) is 10.4. The standard InChI is InChI=1S/C18H21BrN2O/c1-12-10-13(2)17(14(3)11-12)21-18(22)20-9-8-15-6-4-5-7-16(15)19/h4-7,10-11H,8-9H2,1-3H3,(H2,20,21,22). The van der Waals surface area contributed by atoms with E-state index < -0.39 is 0 Å². The van der Waals surface area contributed by atoms with Gasteiger partial charge in [-0.15, -0.1) is 0 Å². The van der Waals surface area contributed by atoms with Crippen molar-refractivity contribution < 1.29 is 4.79 Å². The molecule has 2 aromatic rings. The van der Waals surface area contributed by atoms with Crippen molar-refractivity contribution in [2.75, 3.05) is 11.9 Å². The van der Waals surface area contributed by atoms with E-state index in [1.54, 1.807) is 0 Å². The van der Waals surface area contributed by atoms with E-state index >= 15 is 0 Å². The molecule has 0 saturated heterocycles. The molecule has 0 radical (unpaired) electrons. The predicted molar refractivity (Wildman–Crippen MR) is 95.5 cm³/mol. The Morgan fingerprint density at radius 3 is 2.36 bits per heavy atom. The molecule has 0 bridgehead atoms. The molecule has 22 heavy (non-hydrogen) atoms. The summed E-state index contributed by atoms with van der Waals surface area (Å²) in [4.78, 5) is 12.0. The van der Waals surface area contributed by atoms with Crippen LogP contribution in [0.5, 0.6) is 0 Å². The zero-order valence-corrected chi connectivity index (χ0v) is 14.8. The lowest BCUT2D eigenvalue weighted by Gasteiger charge is -2.13. The molecule has 116 valence electrons. The highest BCUT2D eigenvalue weighted by molar-refractivity contribution is 9.10. The van der Waals surface area contributed by atoms with Gasteiger partial charge in [-0.25, -0.2) is 4.79 Å². The van der Waals surface area contributed by atoms with Gasteiger partial charge in [-0.3, -0.25) is 0 Å². The average molecular weight is 361 g/mol. The smallest absolute Gasteiger partial charge is 0.319 e. The van der Waals surface area contributed by atoms with Crippen LogP contribution >= 0.6 is 15.9 Å². The SMILES string of the molecule is Cc1cc(C)c(NC(=O)NCCc2ccccc2Br)c(C)c1. The molecule has 4 heteroatoms. The van der Waals surface area contributed by atoms with Gasteiger partial charge in [0.15, 0.2) is 0 Å². The Morgan fingerprint density at radius 1 is 1.09 bits per heavy atom. The second-order valence-corrected chi connectivity index (χ2v) is 6.35. The van der Waals surface area contributed by atoms with E-state index in [4.69, 9.17) is 0 Å². The van der Waals surface area contributed by atoms with Gasteiger partial charge in [0.2, 0.25) is 0 Å². The van der Waals surface area contributed by atoms with Crippen molar-refractivity contribution >= 4 is 27.6 Å². The Labute approximate surface area is 140 Å². The van der Waals surface area contributed by atoms with Crippen LogP contribution in [0.4, 0.5) is 10.5 Å². The first kappa shape index (κ1) is 16.6. The Hall–Kier alpha value is -1.81. The first-order chi connectivity index (χ1) is 10.5. The second kappa shape index (κ2) is 7.45. The van der Waals surface area contributed by atoms with Crippen LogP contribution in [0.1, 0.15) is 22.3 Å². The van der Waals surface area contributed by atoms with Crippen LogP contribution in [-0.2, 0) is 6.42 Å². The summed E-state index contributed by atoms with van der Waals surface area (Å²) >= 11 is 3.51. The van der Waals surface area contributed by atoms with E-state index in [9.17, 15) is 4.79 Å². The minimum absolute atomic E-state index is 0.165. The van der Waals surface area contributed by atoms with E-state index in [2.05, 4.69) is 51.7 Å². The number of carbonyl (C=O) groups is 1. The maximum atomic E-state index is 12.0. The summed E-state index contributed by atoms with van der Waals surface area (Å²) in [5, 5.41) is 5.85. The van der Waals surface area contributed by atoms with Crippen LogP contribution in [0, 0.1) is 20.8 Å². The second-order valence-electron chi connectivity index (χ2n) is 5.50. The Bertz CT molecular complexity index is 660. The minimum Gasteiger partial charge on any atom is -0.338 e. The molecule has 0 fully saturated rings. The van der Waals surface area contributed by atoms with E-state index in [0.29, 0.717) is 6.54 Å². The fourth-order valence-electron chi connectivity index (χ4n) is 2.55. The van der Waals surface area contributed by atoms with Crippen LogP contribution in [-0.4, -0.2) is 12.6 Å². The molecule has 3 nitrogen and oxygen atoms in total. The summed E-state index contributed by atoms with van der Waals surface area (Å²) in [5.41, 5.74) is 5.45. The zero-order chi connectivity index (χ0) is 16.1. The number of hydrogen-bond acceptors (Lipinski definition) is 1. The molecule has 2 aromatic carbocycles. The molecule has 0 unspecified atom stereocenters. The molecule has 0 aliphatic carbocycles. The van der Waals surface area contributed by atoms with E-state index in [1.165, 1.54) is 11.1 Å². The first-order valence-corrected chi connectivity index (χ1v) is 8.13. The van der Waals surface area contributed by atoms with E-state index in [1.807, 2.05) is 32.0 Å². The molecule has 0 atom stereocenters. The number of anilines is 1. The average Bonchev–Trinajstić information content (AvgIpc) is 2.45. The van der Waals surface area contributed by atoms with Gasteiger partial charge in [-0.2, -0.15) is 0 Å². The number of benzene rings is 2. The summed E-state index contributed by atoms with van der Waals surface area (Å²) in [5.74, 6) is 0. The van der Waals surface area contributed by atoms with Crippen LogP contribution in [0.2, 0.25) is 0 Å². The highest BCUT2D eigenvalue weighted by atomic mass is 79.9. The maximum Gasteiger partial charge on any atom is 0.319 e. The van der Waals surface area contributed by atoms with Crippen molar-refractivity contribution in [2.24, 2.45) is 0 Å². The molecule has 2 amide bonds. The number of hydrogen-bond donors (Lipinski definition) is 2. The van der Waals surface area contributed by atoms with E-state index in [-0.39, 0.29) is 6.03 Å². The summed E-state index contributed by atoms with van der Waals surface area (Å²) in [6, 6.07) is 12.0. The third kappa shape index (κ3) is 4.34. The number of carbonyl (C=O) groups excluding carboxylic acids is 1. The van der Waals surface area contributed by atoms with Gasteiger partial charge in [-0.05, 0) is 49.9 Å². The fourth-order valence-corrected chi connectivity index (χ4v) is 3.03. The van der Waals surface area contributed by atoms with Gasteiger partial charge in [-0.1, -0.05) is 51.8 Å². The van der Waals surface area contributed by atoms with Gasteiger partial charge in [0.25, 0.3) is 0 Å². The van der Waals surface area contributed by atoms with Crippen molar-refractivity contribution in [1.29, 1.82) is 0 Å². The number of aryl methyl sites for hydroxylation is 3. The quantitative estimate of drug-likeness (QED) is 0.812. The molecular formula is C18H21BrN2O. The topological polar surface area (TPSA) is 41.1 Å². The van der Waals surface area contributed by atoms with Crippen molar-refractivity contribution in [3.05, 3.63) is 63.1 Å². The Kier molecular flexibility index (Phi) is 5.61. The van der Waals surface area contributed by atoms with Gasteiger partial charge in [0.05, 0.1) is 0 Å². The lowest BCUT2D eigenvalue weighted by atomic mass is 10.1. The van der Waals surface area contributed by atoms with Gasteiger partial charge >= 0.3 is 6.03 Å². The maximum absolute atomic E-state index is 12.0. The lowest BCUT2D eigenvalue weighted by molar-refractivity contribution is 0.252. The minimum atomic E-state index is -0.165. The van der Waals surface area contributed by atoms with Gasteiger partial charge < -0.3 is 10.6 Å². The predicted octanol–water partition coefficient (Wildman–Crippen LogP) is 4.74. The molecule has 2 rings (SSSR count). The highest BCUT2D eigenvalue weighted by Crippen LogP contribution is 2.21. The Morgan fingerprint density at radius 2 is 1.73 bits per heavy atom. The molecule has 0 aromatic heterocycles. The summed E-state index contributed by atoms with van der Waals surface area (Å²) in [6.45, 7) is 6.67. The first-order valence-electron chi connectivity index (χ1n) is 7.33. The van der Waals surface area contributed by atoms with Crippen molar-refractivity contribution in [2.45, 2.75) is 27.2 Å². The number of urea groups is 1. The van der Waals surface area contributed by atoms with Gasteiger partial charge in [0, 0.05) is 16.7 Å². The van der Waals surface area contributed by atoms with E-state index in [0.717, 1.165) is 27.7 Å².